The smallest absolute Gasteiger partial charge is 0.253 e. The van der Waals surface area contributed by atoms with Crippen LogP contribution in [0.25, 0.3) is 0 Å². The van der Waals surface area contributed by atoms with Gasteiger partial charge in [-0.1, -0.05) is 64.6 Å². The molecular formula is C15H11Cl4IN2O. The van der Waals surface area contributed by atoms with Crippen molar-refractivity contribution in [2.75, 3.05) is 5.32 Å². The zero-order chi connectivity index (χ0) is 17.0. The number of halogens is 5. The van der Waals surface area contributed by atoms with Crippen LogP contribution in [0.5, 0.6) is 0 Å². The highest BCUT2D eigenvalue weighted by molar-refractivity contribution is 14.1. The quantitative estimate of drug-likeness (QED) is 0.329. The van der Waals surface area contributed by atoms with Gasteiger partial charge in [-0.3, -0.25) is 4.79 Å². The molecule has 0 aliphatic rings. The summed E-state index contributed by atoms with van der Waals surface area (Å²) >= 11 is 26.1. The van der Waals surface area contributed by atoms with Crippen LogP contribution < -0.4 is 10.6 Å². The molecule has 122 valence electrons. The summed E-state index contributed by atoms with van der Waals surface area (Å²) in [6, 6.07) is 14.1. The van der Waals surface area contributed by atoms with Crippen LogP contribution in [0.3, 0.4) is 0 Å². The van der Waals surface area contributed by atoms with Crippen molar-refractivity contribution in [2.24, 2.45) is 0 Å². The first kappa shape index (κ1) is 18.9. The van der Waals surface area contributed by atoms with Gasteiger partial charge in [-0.15, -0.1) is 0 Å². The van der Waals surface area contributed by atoms with E-state index in [4.69, 9.17) is 46.4 Å². The second kappa shape index (κ2) is 8.12. The maximum absolute atomic E-state index is 12.4. The van der Waals surface area contributed by atoms with Gasteiger partial charge in [-0.2, -0.15) is 0 Å². The van der Waals surface area contributed by atoms with Crippen LogP contribution in [-0.4, -0.2) is 15.9 Å². The van der Waals surface area contributed by atoms with Gasteiger partial charge in [-0.25, -0.2) is 0 Å². The summed E-state index contributed by atoms with van der Waals surface area (Å²) in [7, 11) is 0. The summed E-state index contributed by atoms with van der Waals surface area (Å²) < 4.78 is -0.837. The van der Waals surface area contributed by atoms with Gasteiger partial charge in [0.1, 0.15) is 6.17 Å². The van der Waals surface area contributed by atoms with Crippen molar-refractivity contribution in [3.05, 3.63) is 62.7 Å². The minimum atomic E-state index is -1.77. The predicted molar refractivity (Wildman–Crippen MR) is 106 cm³/mol. The minimum absolute atomic E-state index is 0.362. The molecule has 0 aromatic heterocycles. The molecule has 0 radical (unpaired) electrons. The largest absolute Gasteiger partial charge is 0.361 e. The van der Waals surface area contributed by atoms with E-state index in [0.29, 0.717) is 16.3 Å². The summed E-state index contributed by atoms with van der Waals surface area (Å²) in [4.78, 5) is 12.4. The van der Waals surface area contributed by atoms with Gasteiger partial charge in [0, 0.05) is 9.13 Å². The zero-order valence-corrected chi connectivity index (χ0v) is 16.7. The van der Waals surface area contributed by atoms with Crippen LogP contribution in [-0.2, 0) is 0 Å². The van der Waals surface area contributed by atoms with E-state index in [1.165, 1.54) is 0 Å². The van der Waals surface area contributed by atoms with Crippen LogP contribution >= 0.6 is 69.0 Å². The Balaban J connectivity index is 2.20. The first-order chi connectivity index (χ1) is 10.8. The van der Waals surface area contributed by atoms with Crippen molar-refractivity contribution in [1.29, 1.82) is 0 Å². The lowest BCUT2D eigenvalue weighted by atomic mass is 10.2. The number of anilines is 1. The van der Waals surface area contributed by atoms with Crippen molar-refractivity contribution < 1.29 is 4.79 Å². The van der Waals surface area contributed by atoms with Gasteiger partial charge in [0.05, 0.1) is 10.7 Å². The van der Waals surface area contributed by atoms with E-state index in [2.05, 4.69) is 33.2 Å². The van der Waals surface area contributed by atoms with Crippen molar-refractivity contribution in [1.82, 2.24) is 5.32 Å². The van der Waals surface area contributed by atoms with Gasteiger partial charge in [0.25, 0.3) is 5.91 Å². The maximum Gasteiger partial charge on any atom is 0.253 e. The fraction of sp³-hybridized carbons (Fsp3) is 0.133. The van der Waals surface area contributed by atoms with Crippen molar-refractivity contribution in [2.45, 2.75) is 9.96 Å². The predicted octanol–water partition coefficient (Wildman–Crippen LogP) is 5.48. The second-order valence-corrected chi connectivity index (χ2v) is 8.60. The second-order valence-electron chi connectivity index (χ2n) is 4.58. The Labute approximate surface area is 167 Å². The highest BCUT2D eigenvalue weighted by Crippen LogP contribution is 2.32. The van der Waals surface area contributed by atoms with E-state index in [1.54, 1.807) is 42.5 Å². The minimum Gasteiger partial charge on any atom is -0.361 e. The molecule has 2 N–H and O–H groups in total. The first-order valence-electron chi connectivity index (χ1n) is 6.41. The van der Waals surface area contributed by atoms with Crippen LogP contribution in [0.4, 0.5) is 5.69 Å². The highest BCUT2D eigenvalue weighted by Gasteiger charge is 2.34. The molecule has 2 rings (SSSR count). The van der Waals surface area contributed by atoms with Gasteiger partial charge >= 0.3 is 0 Å². The molecule has 0 spiro atoms. The van der Waals surface area contributed by atoms with Crippen LogP contribution in [0.15, 0.2) is 48.5 Å². The summed E-state index contributed by atoms with van der Waals surface area (Å²) in [5.74, 6) is -0.362. The van der Waals surface area contributed by atoms with Crippen molar-refractivity contribution in [3.63, 3.8) is 0 Å². The third kappa shape index (κ3) is 5.57. The number of amides is 1. The van der Waals surface area contributed by atoms with Gasteiger partial charge in [-0.05, 0) is 52.9 Å². The van der Waals surface area contributed by atoms with Crippen molar-refractivity contribution >= 4 is 80.6 Å². The van der Waals surface area contributed by atoms with Crippen LogP contribution in [0.1, 0.15) is 10.4 Å². The topological polar surface area (TPSA) is 41.1 Å². The van der Waals surface area contributed by atoms with Gasteiger partial charge in [0.2, 0.25) is 3.79 Å². The van der Waals surface area contributed by atoms with E-state index in [-0.39, 0.29) is 5.91 Å². The molecule has 0 aliphatic heterocycles. The Kier molecular flexibility index (Phi) is 6.68. The van der Waals surface area contributed by atoms with Gasteiger partial charge < -0.3 is 10.6 Å². The standard InChI is InChI=1S/C15H11Cl4IN2O/c16-11-6-1-2-7-12(11)21-14(15(17,18)19)22-13(23)9-4-3-5-10(20)8-9/h1-8,14,21H,(H,22,23)/t14-/m0/s1. The third-order valence-electron chi connectivity index (χ3n) is 2.86. The molecule has 0 unspecified atom stereocenters. The lowest BCUT2D eigenvalue weighted by Crippen LogP contribution is -2.49. The number of nitrogens with one attached hydrogen (secondary N) is 2. The van der Waals surface area contributed by atoms with E-state index in [0.717, 1.165) is 3.57 Å². The number of hydrogen-bond donors (Lipinski definition) is 2. The molecule has 0 aliphatic carbocycles. The molecule has 1 amide bonds. The van der Waals surface area contributed by atoms with E-state index >= 15 is 0 Å². The molecule has 0 fully saturated rings. The van der Waals surface area contributed by atoms with Crippen molar-refractivity contribution in [3.8, 4) is 0 Å². The molecule has 23 heavy (non-hydrogen) atoms. The average molecular weight is 504 g/mol. The molecule has 1 atom stereocenters. The molecule has 2 aromatic carbocycles. The van der Waals surface area contributed by atoms with E-state index in [1.807, 2.05) is 6.07 Å². The molecule has 8 heteroatoms. The van der Waals surface area contributed by atoms with Crippen LogP contribution in [0.2, 0.25) is 5.02 Å². The lowest BCUT2D eigenvalue weighted by molar-refractivity contribution is 0.0942. The molecule has 3 nitrogen and oxygen atoms in total. The molecule has 0 heterocycles. The molecule has 0 saturated heterocycles. The number of hydrogen-bond acceptors (Lipinski definition) is 2. The maximum atomic E-state index is 12.4. The Morgan fingerprint density at radius 1 is 1.09 bits per heavy atom. The Bertz CT molecular complexity index is 706. The summed E-state index contributed by atoms with van der Waals surface area (Å²) in [6.45, 7) is 0. The average Bonchev–Trinajstić information content (AvgIpc) is 2.47. The number of carbonyl (C=O) groups excluding carboxylic acids is 1. The number of rotatable bonds is 4. The fourth-order valence-corrected chi connectivity index (χ4v) is 2.84. The summed E-state index contributed by atoms with van der Waals surface area (Å²) in [5.41, 5.74) is 1.02. The van der Waals surface area contributed by atoms with Crippen LogP contribution in [0, 0.1) is 3.57 Å². The normalized spacial score (nSPS) is 12.6. The molecular weight excluding hydrogens is 493 g/mol. The summed E-state index contributed by atoms with van der Waals surface area (Å²) in [6.07, 6.45) is -0.960. The highest BCUT2D eigenvalue weighted by atomic mass is 127. The summed E-state index contributed by atoms with van der Waals surface area (Å²) in [5, 5.41) is 6.06. The van der Waals surface area contributed by atoms with Gasteiger partial charge in [0.15, 0.2) is 0 Å². The van der Waals surface area contributed by atoms with E-state index < -0.39 is 9.96 Å². The van der Waals surface area contributed by atoms with E-state index in [9.17, 15) is 4.79 Å². The molecule has 2 aromatic rings. The molecule has 0 bridgehead atoms. The third-order valence-corrected chi connectivity index (χ3v) is 4.52. The monoisotopic (exact) mass is 502 g/mol. The number of para-hydroxylation sites is 1. The molecule has 0 saturated carbocycles. The number of carbonyl (C=O) groups is 1. The Hall–Kier alpha value is -0.400. The Morgan fingerprint density at radius 3 is 2.39 bits per heavy atom. The lowest BCUT2D eigenvalue weighted by Gasteiger charge is -2.27. The Morgan fingerprint density at radius 2 is 1.78 bits per heavy atom. The number of alkyl halides is 3. The first-order valence-corrected chi connectivity index (χ1v) is 9.00. The SMILES string of the molecule is O=C(N[C@H](Nc1ccccc1Cl)C(Cl)(Cl)Cl)c1cccc(I)c1. The zero-order valence-electron chi connectivity index (χ0n) is 11.5. The fourth-order valence-electron chi connectivity index (χ4n) is 1.78. The number of benzene rings is 2.